The SMILES string of the molecule is CCC(C)n1ccc(CNCCc2nccn2C)n1. The Balaban J connectivity index is 1.74. The molecule has 0 radical (unpaired) electrons. The number of imidazole rings is 1. The molecule has 0 aliphatic rings. The van der Waals surface area contributed by atoms with E-state index in [1.807, 2.05) is 24.1 Å². The van der Waals surface area contributed by atoms with E-state index in [1.165, 1.54) is 0 Å². The third kappa shape index (κ3) is 3.67. The summed E-state index contributed by atoms with van der Waals surface area (Å²) in [4.78, 5) is 4.30. The molecule has 2 heterocycles. The molecule has 0 bridgehead atoms. The highest BCUT2D eigenvalue weighted by Crippen LogP contribution is 2.08. The lowest BCUT2D eigenvalue weighted by atomic mass is 10.3. The predicted octanol–water partition coefficient (Wildman–Crippen LogP) is 1.92. The van der Waals surface area contributed by atoms with E-state index < -0.39 is 0 Å². The van der Waals surface area contributed by atoms with E-state index in [4.69, 9.17) is 0 Å². The highest BCUT2D eigenvalue weighted by Gasteiger charge is 2.04. The summed E-state index contributed by atoms with van der Waals surface area (Å²) in [5, 5.41) is 7.97. The molecule has 0 aliphatic carbocycles. The van der Waals surface area contributed by atoms with Gasteiger partial charge in [0.2, 0.25) is 0 Å². The Morgan fingerprint density at radius 2 is 2.21 bits per heavy atom. The molecule has 0 saturated heterocycles. The maximum absolute atomic E-state index is 4.57. The van der Waals surface area contributed by atoms with Crippen molar-refractivity contribution in [3.63, 3.8) is 0 Å². The average Bonchev–Trinajstić information content (AvgIpc) is 3.03. The minimum absolute atomic E-state index is 0.473. The van der Waals surface area contributed by atoms with E-state index in [1.54, 1.807) is 0 Å². The van der Waals surface area contributed by atoms with Crippen LogP contribution in [0.2, 0.25) is 0 Å². The van der Waals surface area contributed by atoms with Crippen LogP contribution in [0, 0.1) is 0 Å². The molecule has 0 aliphatic heterocycles. The summed E-state index contributed by atoms with van der Waals surface area (Å²) in [6, 6.07) is 2.56. The van der Waals surface area contributed by atoms with Gasteiger partial charge in [0.05, 0.1) is 5.69 Å². The number of rotatable bonds is 7. The van der Waals surface area contributed by atoms with E-state index in [0.717, 1.165) is 37.4 Å². The lowest BCUT2D eigenvalue weighted by Gasteiger charge is -2.08. The second kappa shape index (κ2) is 6.52. The number of hydrogen-bond acceptors (Lipinski definition) is 3. The maximum atomic E-state index is 4.57. The second-order valence-electron chi connectivity index (χ2n) is 4.93. The van der Waals surface area contributed by atoms with Crippen LogP contribution in [0.4, 0.5) is 0 Å². The number of aromatic nitrogens is 4. The first-order chi connectivity index (χ1) is 9.20. The highest BCUT2D eigenvalue weighted by atomic mass is 15.3. The van der Waals surface area contributed by atoms with Crippen LogP contribution < -0.4 is 5.32 Å². The molecule has 0 spiro atoms. The largest absolute Gasteiger partial charge is 0.338 e. The molecule has 104 valence electrons. The van der Waals surface area contributed by atoms with E-state index in [9.17, 15) is 0 Å². The predicted molar refractivity (Wildman–Crippen MR) is 75.8 cm³/mol. The summed E-state index contributed by atoms with van der Waals surface area (Å²) >= 11 is 0. The van der Waals surface area contributed by atoms with Crippen molar-refractivity contribution in [2.24, 2.45) is 7.05 Å². The van der Waals surface area contributed by atoms with Crippen LogP contribution in [0.25, 0.3) is 0 Å². The van der Waals surface area contributed by atoms with Gasteiger partial charge in [-0.25, -0.2) is 4.98 Å². The molecule has 0 amide bonds. The lowest BCUT2D eigenvalue weighted by molar-refractivity contribution is 0.471. The van der Waals surface area contributed by atoms with Crippen LogP contribution in [0.5, 0.6) is 0 Å². The van der Waals surface area contributed by atoms with Crippen LogP contribution >= 0.6 is 0 Å². The van der Waals surface area contributed by atoms with Gasteiger partial charge in [0, 0.05) is 51.2 Å². The second-order valence-corrected chi connectivity index (χ2v) is 4.93. The van der Waals surface area contributed by atoms with Crippen LogP contribution in [0.15, 0.2) is 24.7 Å². The van der Waals surface area contributed by atoms with Crippen molar-refractivity contribution in [2.75, 3.05) is 6.54 Å². The van der Waals surface area contributed by atoms with Crippen molar-refractivity contribution in [3.8, 4) is 0 Å². The van der Waals surface area contributed by atoms with Gasteiger partial charge in [0.25, 0.3) is 0 Å². The monoisotopic (exact) mass is 261 g/mol. The third-order valence-corrected chi connectivity index (χ3v) is 3.46. The van der Waals surface area contributed by atoms with Gasteiger partial charge in [-0.15, -0.1) is 0 Å². The molecule has 1 atom stereocenters. The van der Waals surface area contributed by atoms with Crippen molar-refractivity contribution in [3.05, 3.63) is 36.2 Å². The lowest BCUT2D eigenvalue weighted by Crippen LogP contribution is -2.18. The normalized spacial score (nSPS) is 12.8. The Morgan fingerprint density at radius 3 is 2.89 bits per heavy atom. The van der Waals surface area contributed by atoms with Gasteiger partial charge in [-0.05, 0) is 19.4 Å². The molecule has 2 aromatic heterocycles. The number of aryl methyl sites for hydroxylation is 1. The third-order valence-electron chi connectivity index (χ3n) is 3.46. The molecule has 2 aromatic rings. The first kappa shape index (κ1) is 13.8. The number of hydrogen-bond donors (Lipinski definition) is 1. The molecular formula is C14H23N5. The summed E-state index contributed by atoms with van der Waals surface area (Å²) in [5.41, 5.74) is 1.10. The molecule has 0 fully saturated rings. The summed E-state index contributed by atoms with van der Waals surface area (Å²) in [7, 11) is 2.02. The summed E-state index contributed by atoms with van der Waals surface area (Å²) in [6.45, 7) is 6.09. The molecule has 2 rings (SSSR count). The highest BCUT2D eigenvalue weighted by molar-refractivity contribution is 4.99. The first-order valence-corrected chi connectivity index (χ1v) is 6.91. The van der Waals surface area contributed by atoms with Gasteiger partial charge in [-0.1, -0.05) is 6.92 Å². The Kier molecular flexibility index (Phi) is 4.74. The van der Waals surface area contributed by atoms with E-state index in [2.05, 4.69) is 46.1 Å². The van der Waals surface area contributed by atoms with Gasteiger partial charge in [0.1, 0.15) is 5.82 Å². The fraction of sp³-hybridized carbons (Fsp3) is 0.571. The quantitative estimate of drug-likeness (QED) is 0.775. The maximum Gasteiger partial charge on any atom is 0.109 e. The van der Waals surface area contributed by atoms with Crippen molar-refractivity contribution in [1.29, 1.82) is 0 Å². The number of nitrogens with one attached hydrogen (secondary N) is 1. The molecule has 19 heavy (non-hydrogen) atoms. The van der Waals surface area contributed by atoms with Crippen molar-refractivity contribution in [1.82, 2.24) is 24.6 Å². The Morgan fingerprint density at radius 1 is 1.37 bits per heavy atom. The number of nitrogens with zero attached hydrogens (tertiary/aromatic N) is 4. The summed E-state index contributed by atoms with van der Waals surface area (Å²) in [6.07, 6.45) is 7.92. The molecule has 0 aromatic carbocycles. The topological polar surface area (TPSA) is 47.7 Å². The van der Waals surface area contributed by atoms with Crippen LogP contribution in [0.3, 0.4) is 0 Å². The minimum atomic E-state index is 0.473. The fourth-order valence-corrected chi connectivity index (χ4v) is 1.96. The van der Waals surface area contributed by atoms with E-state index >= 15 is 0 Å². The Labute approximate surface area is 114 Å². The zero-order valence-electron chi connectivity index (χ0n) is 12.0. The van der Waals surface area contributed by atoms with Gasteiger partial charge >= 0.3 is 0 Å². The first-order valence-electron chi connectivity index (χ1n) is 6.91. The molecule has 0 saturated carbocycles. The molecular weight excluding hydrogens is 238 g/mol. The fourth-order valence-electron chi connectivity index (χ4n) is 1.96. The van der Waals surface area contributed by atoms with Crippen molar-refractivity contribution < 1.29 is 0 Å². The molecule has 5 nitrogen and oxygen atoms in total. The van der Waals surface area contributed by atoms with Crippen molar-refractivity contribution in [2.45, 2.75) is 39.3 Å². The van der Waals surface area contributed by atoms with Crippen LogP contribution in [0.1, 0.15) is 37.8 Å². The smallest absolute Gasteiger partial charge is 0.109 e. The average molecular weight is 261 g/mol. The summed E-state index contributed by atoms with van der Waals surface area (Å²) < 4.78 is 4.09. The molecule has 5 heteroatoms. The Hall–Kier alpha value is -1.62. The minimum Gasteiger partial charge on any atom is -0.338 e. The zero-order valence-corrected chi connectivity index (χ0v) is 12.0. The molecule has 1 N–H and O–H groups in total. The van der Waals surface area contributed by atoms with E-state index in [0.29, 0.717) is 6.04 Å². The van der Waals surface area contributed by atoms with E-state index in [-0.39, 0.29) is 0 Å². The zero-order chi connectivity index (χ0) is 13.7. The van der Waals surface area contributed by atoms with Gasteiger partial charge in [0.15, 0.2) is 0 Å². The Bertz CT molecular complexity index is 499. The van der Waals surface area contributed by atoms with Gasteiger partial charge in [-0.3, -0.25) is 4.68 Å². The summed E-state index contributed by atoms with van der Waals surface area (Å²) in [5.74, 6) is 1.11. The van der Waals surface area contributed by atoms with Gasteiger partial charge < -0.3 is 9.88 Å². The van der Waals surface area contributed by atoms with Crippen LogP contribution in [-0.2, 0) is 20.0 Å². The van der Waals surface area contributed by atoms with Crippen LogP contribution in [-0.4, -0.2) is 25.9 Å². The standard InChI is InChI=1S/C14H23N5/c1-4-12(2)19-9-6-13(17-19)11-15-7-5-14-16-8-10-18(14)3/h6,8-10,12,15H,4-5,7,11H2,1-3H3. The van der Waals surface area contributed by atoms with Gasteiger partial charge in [-0.2, -0.15) is 5.10 Å². The van der Waals surface area contributed by atoms with Crippen molar-refractivity contribution >= 4 is 0 Å². The molecule has 1 unspecified atom stereocenters.